The number of aryl methyl sites for hydroxylation is 3. The molecule has 2 fully saturated rings. The van der Waals surface area contributed by atoms with Gasteiger partial charge in [-0.25, -0.2) is 0 Å². The summed E-state index contributed by atoms with van der Waals surface area (Å²) < 4.78 is 5.74. The van der Waals surface area contributed by atoms with Crippen molar-refractivity contribution in [2.24, 2.45) is 0 Å². The van der Waals surface area contributed by atoms with E-state index < -0.39 is 17.7 Å². The van der Waals surface area contributed by atoms with Crippen molar-refractivity contribution in [2.75, 3.05) is 13.2 Å². The number of rotatable bonds is 5. The van der Waals surface area contributed by atoms with E-state index in [1.807, 2.05) is 50.2 Å². The lowest BCUT2D eigenvalue weighted by atomic mass is 9.93. The van der Waals surface area contributed by atoms with Crippen LogP contribution in [-0.2, 0) is 20.7 Å². The van der Waals surface area contributed by atoms with Crippen LogP contribution in [0.15, 0.2) is 48.0 Å². The smallest absolute Gasteiger partial charge is 0.295 e. The standard InChI is InChI=1S/C26H29NO4/c1-4-18-8-11-19(12-9-18)23-22(24(28)20-10-7-16(2)17(3)14-20)25(29)26(30)27(23)15-21-6-5-13-31-21/h7-12,14,21,23,28H,4-6,13,15H2,1-3H3/b24-22-. The second-order valence-electron chi connectivity index (χ2n) is 8.48. The van der Waals surface area contributed by atoms with Crippen molar-refractivity contribution in [3.8, 4) is 0 Å². The van der Waals surface area contributed by atoms with E-state index >= 15 is 0 Å². The Kier molecular flexibility index (Phi) is 5.96. The quantitative estimate of drug-likeness (QED) is 0.441. The molecule has 5 heteroatoms. The van der Waals surface area contributed by atoms with Gasteiger partial charge < -0.3 is 14.7 Å². The van der Waals surface area contributed by atoms with Gasteiger partial charge in [-0.2, -0.15) is 0 Å². The predicted octanol–water partition coefficient (Wildman–Crippen LogP) is 4.47. The minimum atomic E-state index is -0.640. The van der Waals surface area contributed by atoms with Crippen molar-refractivity contribution >= 4 is 17.4 Å². The first-order chi connectivity index (χ1) is 14.9. The normalized spacial score (nSPS) is 23.0. The van der Waals surface area contributed by atoms with Gasteiger partial charge in [0.15, 0.2) is 0 Å². The van der Waals surface area contributed by atoms with Crippen LogP contribution in [0.5, 0.6) is 0 Å². The van der Waals surface area contributed by atoms with Crippen LogP contribution in [0.4, 0.5) is 0 Å². The van der Waals surface area contributed by atoms with Gasteiger partial charge in [-0.05, 0) is 61.4 Å². The van der Waals surface area contributed by atoms with Crippen LogP contribution in [0, 0.1) is 13.8 Å². The molecule has 2 aromatic rings. The number of aliphatic hydroxyl groups excluding tert-OH is 1. The zero-order valence-corrected chi connectivity index (χ0v) is 18.4. The lowest BCUT2D eigenvalue weighted by Crippen LogP contribution is -2.36. The molecule has 31 heavy (non-hydrogen) atoms. The number of aliphatic hydroxyl groups is 1. The van der Waals surface area contributed by atoms with Crippen LogP contribution >= 0.6 is 0 Å². The maximum atomic E-state index is 13.1. The van der Waals surface area contributed by atoms with Crippen LogP contribution in [0.1, 0.15) is 53.6 Å². The molecule has 2 aliphatic rings. The predicted molar refractivity (Wildman–Crippen MR) is 120 cm³/mol. The maximum Gasteiger partial charge on any atom is 0.295 e. The van der Waals surface area contributed by atoms with Gasteiger partial charge in [0.25, 0.3) is 11.7 Å². The molecule has 0 saturated carbocycles. The molecule has 0 aliphatic carbocycles. The summed E-state index contributed by atoms with van der Waals surface area (Å²) in [5.74, 6) is -1.34. The summed E-state index contributed by atoms with van der Waals surface area (Å²) in [6.45, 7) is 7.05. The summed E-state index contributed by atoms with van der Waals surface area (Å²) in [6, 6.07) is 12.9. The van der Waals surface area contributed by atoms with Gasteiger partial charge in [0.2, 0.25) is 0 Å². The van der Waals surface area contributed by atoms with Crippen LogP contribution in [0.3, 0.4) is 0 Å². The SMILES string of the molecule is CCc1ccc(C2/C(=C(/O)c3ccc(C)c(C)c3)C(=O)C(=O)N2CC2CCCO2)cc1. The average molecular weight is 420 g/mol. The molecule has 2 aromatic carbocycles. The van der Waals surface area contributed by atoms with Crippen LogP contribution < -0.4 is 0 Å². The Labute approximate surface area is 183 Å². The highest BCUT2D eigenvalue weighted by Crippen LogP contribution is 2.40. The first-order valence-electron chi connectivity index (χ1n) is 11.0. The van der Waals surface area contributed by atoms with Gasteiger partial charge in [-0.1, -0.05) is 43.3 Å². The lowest BCUT2D eigenvalue weighted by Gasteiger charge is -2.27. The number of hydrogen-bond donors (Lipinski definition) is 1. The molecule has 1 N–H and O–H groups in total. The van der Waals surface area contributed by atoms with Gasteiger partial charge in [0.05, 0.1) is 17.7 Å². The fourth-order valence-electron chi connectivity index (χ4n) is 4.40. The van der Waals surface area contributed by atoms with E-state index in [1.54, 1.807) is 11.0 Å². The van der Waals surface area contributed by atoms with Crippen molar-refractivity contribution < 1.29 is 19.4 Å². The molecule has 2 heterocycles. The van der Waals surface area contributed by atoms with Gasteiger partial charge >= 0.3 is 0 Å². The minimum Gasteiger partial charge on any atom is -0.507 e. The molecule has 2 unspecified atom stereocenters. The van der Waals surface area contributed by atoms with Crippen molar-refractivity contribution in [1.82, 2.24) is 4.90 Å². The lowest BCUT2D eigenvalue weighted by molar-refractivity contribution is -0.140. The third-order valence-electron chi connectivity index (χ3n) is 6.45. The summed E-state index contributed by atoms with van der Waals surface area (Å²) in [5.41, 5.74) is 4.81. The highest BCUT2D eigenvalue weighted by atomic mass is 16.5. The van der Waals surface area contributed by atoms with Gasteiger partial charge in [0.1, 0.15) is 5.76 Å². The average Bonchev–Trinajstić information content (AvgIpc) is 3.38. The fourth-order valence-corrected chi connectivity index (χ4v) is 4.40. The number of ketones is 1. The molecule has 2 atom stereocenters. The topological polar surface area (TPSA) is 66.8 Å². The molecule has 0 aromatic heterocycles. The number of ether oxygens (including phenoxy) is 1. The molecule has 162 valence electrons. The Morgan fingerprint density at radius 2 is 1.84 bits per heavy atom. The number of benzene rings is 2. The van der Waals surface area contributed by atoms with Crippen molar-refractivity contribution in [2.45, 2.75) is 52.2 Å². The van der Waals surface area contributed by atoms with Crippen LogP contribution in [-0.4, -0.2) is 41.0 Å². The number of amides is 1. The second kappa shape index (κ2) is 8.67. The van der Waals surface area contributed by atoms with E-state index in [-0.39, 0.29) is 17.4 Å². The van der Waals surface area contributed by atoms with Gasteiger partial charge in [0, 0.05) is 18.7 Å². The molecular weight excluding hydrogens is 390 g/mol. The molecule has 0 radical (unpaired) electrons. The Morgan fingerprint density at radius 3 is 2.45 bits per heavy atom. The fraction of sp³-hybridized carbons (Fsp3) is 0.385. The number of likely N-dealkylation sites (tertiary alicyclic amines) is 1. The number of carbonyl (C=O) groups is 2. The first-order valence-corrected chi connectivity index (χ1v) is 11.0. The third kappa shape index (κ3) is 4.02. The molecule has 2 aliphatic heterocycles. The highest BCUT2D eigenvalue weighted by molar-refractivity contribution is 6.46. The summed E-state index contributed by atoms with van der Waals surface area (Å²) in [6.07, 6.45) is 2.63. The van der Waals surface area contributed by atoms with Gasteiger partial charge in [-0.15, -0.1) is 0 Å². The molecule has 5 nitrogen and oxygen atoms in total. The monoisotopic (exact) mass is 419 g/mol. The number of carbonyl (C=O) groups excluding carboxylic acids is 2. The summed E-state index contributed by atoms with van der Waals surface area (Å²) in [5, 5.41) is 11.2. The zero-order valence-electron chi connectivity index (χ0n) is 18.4. The summed E-state index contributed by atoms with van der Waals surface area (Å²) in [7, 11) is 0. The second-order valence-corrected chi connectivity index (χ2v) is 8.48. The summed E-state index contributed by atoms with van der Waals surface area (Å²) >= 11 is 0. The Balaban J connectivity index is 1.82. The molecular formula is C26H29NO4. The van der Waals surface area contributed by atoms with Crippen molar-refractivity contribution in [1.29, 1.82) is 0 Å². The Hall–Kier alpha value is -2.92. The largest absolute Gasteiger partial charge is 0.507 e. The minimum absolute atomic E-state index is 0.0859. The zero-order chi connectivity index (χ0) is 22.1. The van der Waals surface area contributed by atoms with E-state index in [0.717, 1.165) is 36.0 Å². The van der Waals surface area contributed by atoms with Crippen molar-refractivity contribution in [3.63, 3.8) is 0 Å². The Bertz CT molecular complexity index is 1030. The maximum absolute atomic E-state index is 13.1. The van der Waals surface area contributed by atoms with Crippen LogP contribution in [0.25, 0.3) is 5.76 Å². The number of hydrogen-bond acceptors (Lipinski definition) is 4. The highest BCUT2D eigenvalue weighted by Gasteiger charge is 2.47. The Morgan fingerprint density at radius 1 is 1.10 bits per heavy atom. The van der Waals surface area contributed by atoms with Gasteiger partial charge in [-0.3, -0.25) is 9.59 Å². The summed E-state index contributed by atoms with van der Waals surface area (Å²) in [4.78, 5) is 27.7. The molecule has 1 amide bonds. The van der Waals surface area contributed by atoms with E-state index in [4.69, 9.17) is 4.74 Å². The molecule has 2 saturated heterocycles. The third-order valence-corrected chi connectivity index (χ3v) is 6.45. The number of nitrogens with zero attached hydrogens (tertiary/aromatic N) is 1. The molecule has 0 bridgehead atoms. The molecule has 4 rings (SSSR count). The van der Waals surface area contributed by atoms with E-state index in [2.05, 4.69) is 6.92 Å². The van der Waals surface area contributed by atoms with Crippen molar-refractivity contribution in [3.05, 3.63) is 75.9 Å². The van der Waals surface area contributed by atoms with E-state index in [0.29, 0.717) is 18.7 Å². The first kappa shape index (κ1) is 21.3. The van der Waals surface area contributed by atoms with E-state index in [1.165, 1.54) is 5.56 Å². The number of Topliss-reactive ketones (excluding diaryl/α,β-unsaturated/α-hetero) is 1. The van der Waals surface area contributed by atoms with Crippen LogP contribution in [0.2, 0.25) is 0 Å². The van der Waals surface area contributed by atoms with E-state index in [9.17, 15) is 14.7 Å². The molecule has 0 spiro atoms.